The molecule has 0 aliphatic carbocycles. The van der Waals surface area contributed by atoms with Crippen molar-refractivity contribution in [2.24, 2.45) is 0 Å². The molecule has 1 N–H and O–H groups in total. The third-order valence-electron chi connectivity index (χ3n) is 3.70. The Bertz CT molecular complexity index is 344. The highest BCUT2D eigenvalue weighted by molar-refractivity contribution is 5.83. The van der Waals surface area contributed by atoms with E-state index < -0.39 is 12.0 Å². The second-order valence-corrected chi connectivity index (χ2v) is 5.75. The molecule has 1 amide bonds. The van der Waals surface area contributed by atoms with Crippen LogP contribution in [0.5, 0.6) is 0 Å². The molecule has 1 fully saturated rings. The number of piperazine rings is 1. The van der Waals surface area contributed by atoms with Gasteiger partial charge in [0, 0.05) is 38.6 Å². The van der Waals surface area contributed by atoms with Crippen LogP contribution in [0.2, 0.25) is 0 Å². The van der Waals surface area contributed by atoms with Gasteiger partial charge in [-0.2, -0.15) is 0 Å². The number of esters is 1. The molecule has 1 saturated heterocycles. The molecule has 1 atom stereocenters. The molecule has 6 nitrogen and oxygen atoms in total. The van der Waals surface area contributed by atoms with Crippen molar-refractivity contribution in [1.29, 1.82) is 0 Å². The number of carbonyl (C=O) groups excluding carboxylic acids is 2. The zero-order valence-electron chi connectivity index (χ0n) is 12.5. The van der Waals surface area contributed by atoms with Crippen LogP contribution in [-0.2, 0) is 14.3 Å². The number of ether oxygens (including phenoxy) is 1. The molecule has 0 bridgehead atoms. The zero-order valence-corrected chi connectivity index (χ0v) is 12.5. The van der Waals surface area contributed by atoms with Crippen LogP contribution in [0.15, 0.2) is 0 Å². The molecule has 0 spiro atoms. The number of nitrogens with one attached hydrogen (secondary N) is 1. The summed E-state index contributed by atoms with van der Waals surface area (Å²) in [5.41, 5.74) is 0.0646. The molecule has 1 heterocycles. The van der Waals surface area contributed by atoms with Crippen LogP contribution in [0.1, 0.15) is 20.8 Å². The van der Waals surface area contributed by atoms with Crippen molar-refractivity contribution in [2.45, 2.75) is 32.4 Å². The molecule has 0 aromatic heterocycles. The van der Waals surface area contributed by atoms with Crippen molar-refractivity contribution in [2.75, 3.05) is 40.3 Å². The summed E-state index contributed by atoms with van der Waals surface area (Å²) in [5.74, 6) is -0.615. The summed E-state index contributed by atoms with van der Waals surface area (Å²) in [6.45, 7) is 8.92. The molecular weight excluding hydrogens is 246 g/mol. The quantitative estimate of drug-likeness (QED) is 0.711. The first-order chi connectivity index (χ1) is 8.76. The molecule has 19 heavy (non-hydrogen) atoms. The zero-order chi connectivity index (χ0) is 14.6. The second-order valence-electron chi connectivity index (χ2n) is 5.75. The van der Waals surface area contributed by atoms with Crippen LogP contribution >= 0.6 is 0 Å². The van der Waals surface area contributed by atoms with E-state index in [1.54, 1.807) is 0 Å². The summed E-state index contributed by atoms with van der Waals surface area (Å²) in [7, 11) is 3.44. The van der Waals surface area contributed by atoms with Crippen molar-refractivity contribution < 1.29 is 14.3 Å². The van der Waals surface area contributed by atoms with Gasteiger partial charge in [0.05, 0.1) is 7.11 Å². The van der Waals surface area contributed by atoms with E-state index in [0.717, 1.165) is 19.6 Å². The summed E-state index contributed by atoms with van der Waals surface area (Å²) < 4.78 is 4.74. The fourth-order valence-electron chi connectivity index (χ4n) is 2.32. The van der Waals surface area contributed by atoms with Gasteiger partial charge >= 0.3 is 5.97 Å². The highest BCUT2D eigenvalue weighted by Crippen LogP contribution is 2.18. The molecule has 0 aromatic carbocycles. The standard InChI is InChI=1S/C13H25N3O3/c1-10(17)14-11(12(18)19-5)8-16-7-6-15(4)13(2,3)9-16/h11H,6-9H2,1-5H3,(H,14,17). The molecule has 0 saturated carbocycles. The predicted octanol–water partition coefficient (Wildman–Crippen LogP) is -0.310. The fourth-order valence-corrected chi connectivity index (χ4v) is 2.32. The number of amides is 1. The number of hydrogen-bond donors (Lipinski definition) is 1. The lowest BCUT2D eigenvalue weighted by atomic mass is 9.99. The van der Waals surface area contributed by atoms with E-state index in [1.807, 2.05) is 0 Å². The smallest absolute Gasteiger partial charge is 0.329 e. The highest BCUT2D eigenvalue weighted by atomic mass is 16.5. The number of rotatable bonds is 4. The first-order valence-corrected chi connectivity index (χ1v) is 6.55. The van der Waals surface area contributed by atoms with Gasteiger partial charge < -0.3 is 10.1 Å². The lowest BCUT2D eigenvalue weighted by Gasteiger charge is -2.45. The largest absolute Gasteiger partial charge is 0.467 e. The molecule has 110 valence electrons. The average Bonchev–Trinajstić information content (AvgIpc) is 2.31. The first kappa shape index (κ1) is 15.9. The lowest BCUT2D eigenvalue weighted by molar-refractivity contribution is -0.145. The fraction of sp³-hybridized carbons (Fsp3) is 0.846. The SMILES string of the molecule is COC(=O)C(CN1CCN(C)C(C)(C)C1)NC(C)=O. The lowest BCUT2D eigenvalue weighted by Crippen LogP contribution is -2.60. The van der Waals surface area contributed by atoms with Crippen molar-refractivity contribution >= 4 is 11.9 Å². The Hall–Kier alpha value is -1.14. The van der Waals surface area contributed by atoms with Crippen LogP contribution < -0.4 is 5.32 Å². The molecule has 0 aromatic rings. The second kappa shape index (κ2) is 6.34. The van der Waals surface area contributed by atoms with Gasteiger partial charge in [-0.15, -0.1) is 0 Å². The van der Waals surface area contributed by atoms with E-state index in [4.69, 9.17) is 4.74 Å². The molecule has 6 heteroatoms. The van der Waals surface area contributed by atoms with E-state index >= 15 is 0 Å². The number of methoxy groups -OCH3 is 1. The van der Waals surface area contributed by atoms with Crippen molar-refractivity contribution in [3.8, 4) is 0 Å². The topological polar surface area (TPSA) is 61.9 Å². The van der Waals surface area contributed by atoms with Crippen molar-refractivity contribution in [1.82, 2.24) is 15.1 Å². The van der Waals surface area contributed by atoms with Gasteiger partial charge in [-0.3, -0.25) is 14.6 Å². The highest BCUT2D eigenvalue weighted by Gasteiger charge is 2.33. The van der Waals surface area contributed by atoms with E-state index in [0.29, 0.717) is 6.54 Å². The maximum Gasteiger partial charge on any atom is 0.329 e. The summed E-state index contributed by atoms with van der Waals surface area (Å²) in [6, 6.07) is -0.596. The van der Waals surface area contributed by atoms with Gasteiger partial charge in [-0.25, -0.2) is 4.79 Å². The van der Waals surface area contributed by atoms with Gasteiger partial charge in [0.2, 0.25) is 5.91 Å². The summed E-state index contributed by atoms with van der Waals surface area (Å²) in [4.78, 5) is 27.3. The molecule has 0 radical (unpaired) electrons. The number of carbonyl (C=O) groups is 2. The van der Waals surface area contributed by atoms with Crippen LogP contribution in [0, 0.1) is 0 Å². The number of nitrogens with zero attached hydrogens (tertiary/aromatic N) is 2. The van der Waals surface area contributed by atoms with Crippen molar-refractivity contribution in [3.63, 3.8) is 0 Å². The Balaban J connectivity index is 2.64. The maximum absolute atomic E-state index is 11.7. The Morgan fingerprint density at radius 3 is 2.47 bits per heavy atom. The average molecular weight is 271 g/mol. The van der Waals surface area contributed by atoms with E-state index in [9.17, 15) is 9.59 Å². The van der Waals surface area contributed by atoms with Gasteiger partial charge in [-0.05, 0) is 20.9 Å². The Morgan fingerprint density at radius 2 is 2.00 bits per heavy atom. The minimum Gasteiger partial charge on any atom is -0.467 e. The molecule has 1 aliphatic rings. The Labute approximate surface area is 115 Å². The minimum absolute atomic E-state index is 0.0646. The minimum atomic E-state index is -0.596. The normalized spacial score (nSPS) is 21.7. The predicted molar refractivity (Wildman–Crippen MR) is 72.8 cm³/mol. The summed E-state index contributed by atoms with van der Waals surface area (Å²) in [5, 5.41) is 2.65. The van der Waals surface area contributed by atoms with E-state index in [2.05, 4.69) is 36.0 Å². The molecule has 1 rings (SSSR count). The molecule has 1 unspecified atom stereocenters. The Kier molecular flexibility index (Phi) is 5.31. The van der Waals surface area contributed by atoms with E-state index in [1.165, 1.54) is 14.0 Å². The first-order valence-electron chi connectivity index (χ1n) is 6.55. The number of hydrogen-bond acceptors (Lipinski definition) is 5. The van der Waals surface area contributed by atoms with Gasteiger partial charge in [-0.1, -0.05) is 0 Å². The van der Waals surface area contributed by atoms with Gasteiger partial charge in [0.25, 0.3) is 0 Å². The van der Waals surface area contributed by atoms with Crippen molar-refractivity contribution in [3.05, 3.63) is 0 Å². The third-order valence-corrected chi connectivity index (χ3v) is 3.70. The number of likely N-dealkylation sites (N-methyl/N-ethyl adjacent to an activating group) is 1. The van der Waals surface area contributed by atoms with Crippen LogP contribution in [0.25, 0.3) is 0 Å². The van der Waals surface area contributed by atoms with Gasteiger partial charge in [0.15, 0.2) is 0 Å². The van der Waals surface area contributed by atoms with E-state index in [-0.39, 0.29) is 11.4 Å². The third kappa shape index (κ3) is 4.47. The van der Waals surface area contributed by atoms with Crippen LogP contribution in [0.4, 0.5) is 0 Å². The molecular formula is C13H25N3O3. The summed E-state index contributed by atoms with van der Waals surface area (Å²) >= 11 is 0. The summed E-state index contributed by atoms with van der Waals surface area (Å²) in [6.07, 6.45) is 0. The Morgan fingerprint density at radius 1 is 1.37 bits per heavy atom. The molecule has 1 aliphatic heterocycles. The monoisotopic (exact) mass is 271 g/mol. The maximum atomic E-state index is 11.7. The van der Waals surface area contributed by atoms with Crippen LogP contribution in [0.3, 0.4) is 0 Å². The van der Waals surface area contributed by atoms with Crippen LogP contribution in [-0.4, -0.2) is 73.6 Å². The van der Waals surface area contributed by atoms with Gasteiger partial charge in [0.1, 0.15) is 6.04 Å².